The van der Waals surface area contributed by atoms with Gasteiger partial charge >= 0.3 is 0 Å². The van der Waals surface area contributed by atoms with E-state index in [0.29, 0.717) is 0 Å². The van der Waals surface area contributed by atoms with Crippen molar-refractivity contribution in [3.8, 4) is 0 Å². The van der Waals surface area contributed by atoms with Gasteiger partial charge in [0, 0.05) is 37.1 Å². The fourth-order valence-electron chi connectivity index (χ4n) is 1.73. The van der Waals surface area contributed by atoms with Crippen molar-refractivity contribution in [2.45, 2.75) is 20.0 Å². The molecule has 0 atom stereocenters. The molecule has 2 rings (SSSR count). The quantitative estimate of drug-likeness (QED) is 0.780. The molecule has 0 spiro atoms. The van der Waals surface area contributed by atoms with E-state index in [0.717, 1.165) is 36.9 Å². The zero-order valence-electron chi connectivity index (χ0n) is 10.8. The summed E-state index contributed by atoms with van der Waals surface area (Å²) in [5.41, 5.74) is 2.35. The van der Waals surface area contributed by atoms with Crippen LogP contribution in [0.4, 0.5) is 0 Å². The Balaban J connectivity index is 1.61. The molecular formula is C13H19N3OS. The molecule has 0 radical (unpaired) electrons. The maximum atomic E-state index is 5.02. The number of aromatic nitrogens is 1. The number of nitrogens with one attached hydrogen (secondary N) is 1. The smallest absolute Gasteiger partial charge is 0.0947 e. The molecule has 2 heterocycles. The van der Waals surface area contributed by atoms with Crippen LogP contribution in [0.2, 0.25) is 0 Å². The monoisotopic (exact) mass is 265 g/mol. The van der Waals surface area contributed by atoms with Gasteiger partial charge in [0.15, 0.2) is 0 Å². The average molecular weight is 265 g/mol. The van der Waals surface area contributed by atoms with Crippen LogP contribution < -0.4 is 5.32 Å². The number of likely N-dealkylation sites (N-methyl/N-ethyl adjacent to an activating group) is 1. The Morgan fingerprint density at radius 3 is 3.06 bits per heavy atom. The van der Waals surface area contributed by atoms with Crippen molar-refractivity contribution in [2.24, 2.45) is 0 Å². The fraction of sp³-hybridized carbons (Fsp3) is 0.462. The van der Waals surface area contributed by atoms with Gasteiger partial charge in [0.2, 0.25) is 0 Å². The summed E-state index contributed by atoms with van der Waals surface area (Å²) >= 11 is 1.71. The van der Waals surface area contributed by atoms with Crippen LogP contribution in [0.1, 0.15) is 16.3 Å². The summed E-state index contributed by atoms with van der Waals surface area (Å²) in [5, 5.41) is 6.66. The predicted octanol–water partition coefficient (Wildman–Crippen LogP) is 2.27. The first kappa shape index (κ1) is 13.3. The minimum Gasteiger partial charge on any atom is -0.472 e. The molecule has 0 bridgehead atoms. The van der Waals surface area contributed by atoms with E-state index >= 15 is 0 Å². The third-order valence-corrected chi connectivity index (χ3v) is 3.50. The molecule has 0 unspecified atom stereocenters. The Hall–Kier alpha value is -1.17. The first-order valence-electron chi connectivity index (χ1n) is 6.05. The zero-order chi connectivity index (χ0) is 12.8. The molecule has 0 fully saturated rings. The maximum absolute atomic E-state index is 5.02. The molecule has 5 heteroatoms. The number of aryl methyl sites for hydroxylation is 1. The first-order valence-corrected chi connectivity index (χ1v) is 6.93. The van der Waals surface area contributed by atoms with Crippen LogP contribution in [0.25, 0.3) is 0 Å². The highest BCUT2D eigenvalue weighted by molar-refractivity contribution is 7.09. The van der Waals surface area contributed by atoms with Crippen molar-refractivity contribution in [3.63, 3.8) is 0 Å². The Labute approximate surface area is 112 Å². The van der Waals surface area contributed by atoms with E-state index in [1.807, 2.05) is 13.0 Å². The van der Waals surface area contributed by atoms with E-state index in [4.69, 9.17) is 4.42 Å². The lowest BCUT2D eigenvalue weighted by atomic mass is 10.3. The van der Waals surface area contributed by atoms with Crippen molar-refractivity contribution in [2.75, 3.05) is 20.1 Å². The van der Waals surface area contributed by atoms with Crippen molar-refractivity contribution in [1.29, 1.82) is 0 Å². The van der Waals surface area contributed by atoms with Crippen LogP contribution in [-0.4, -0.2) is 30.0 Å². The summed E-state index contributed by atoms with van der Waals surface area (Å²) in [6, 6.07) is 1.98. The Kier molecular flexibility index (Phi) is 4.92. The standard InChI is InChI=1S/C13H19N3OS/c1-11-15-13(10-18-11)8-16(2)5-4-14-7-12-3-6-17-9-12/h3,6,9-10,14H,4-5,7-8H2,1-2H3. The molecule has 98 valence electrons. The highest BCUT2D eigenvalue weighted by Gasteiger charge is 2.03. The molecular weight excluding hydrogens is 246 g/mol. The number of rotatable bonds is 7. The molecule has 0 aliphatic rings. The molecule has 0 aromatic carbocycles. The topological polar surface area (TPSA) is 41.3 Å². The largest absolute Gasteiger partial charge is 0.472 e. The average Bonchev–Trinajstić information content (AvgIpc) is 2.96. The summed E-state index contributed by atoms with van der Waals surface area (Å²) in [6.07, 6.45) is 3.47. The van der Waals surface area contributed by atoms with Gasteiger partial charge in [-0.05, 0) is 20.0 Å². The molecule has 0 saturated heterocycles. The van der Waals surface area contributed by atoms with Gasteiger partial charge in [0.05, 0.1) is 23.2 Å². The fourth-order valence-corrected chi connectivity index (χ4v) is 2.34. The van der Waals surface area contributed by atoms with Crippen LogP contribution in [0.15, 0.2) is 28.4 Å². The van der Waals surface area contributed by atoms with Gasteiger partial charge in [0.1, 0.15) is 0 Å². The highest BCUT2D eigenvalue weighted by Crippen LogP contribution is 2.09. The Bertz CT molecular complexity index is 453. The van der Waals surface area contributed by atoms with Crippen LogP contribution in [-0.2, 0) is 13.1 Å². The van der Waals surface area contributed by atoms with Gasteiger partial charge in [0.25, 0.3) is 0 Å². The zero-order valence-corrected chi connectivity index (χ0v) is 11.7. The van der Waals surface area contributed by atoms with E-state index in [1.165, 1.54) is 5.56 Å². The van der Waals surface area contributed by atoms with Crippen molar-refractivity contribution >= 4 is 11.3 Å². The molecule has 2 aromatic heterocycles. The highest BCUT2D eigenvalue weighted by atomic mass is 32.1. The van der Waals surface area contributed by atoms with E-state index in [1.54, 1.807) is 23.9 Å². The molecule has 0 aliphatic carbocycles. The second-order valence-corrected chi connectivity index (χ2v) is 5.47. The van der Waals surface area contributed by atoms with Gasteiger partial charge in [-0.1, -0.05) is 0 Å². The summed E-state index contributed by atoms with van der Waals surface area (Å²) in [7, 11) is 2.12. The molecule has 0 saturated carbocycles. The van der Waals surface area contributed by atoms with Gasteiger partial charge in [-0.25, -0.2) is 4.98 Å². The van der Waals surface area contributed by atoms with E-state index in [2.05, 4.69) is 27.6 Å². The Morgan fingerprint density at radius 2 is 2.39 bits per heavy atom. The molecule has 1 N–H and O–H groups in total. The summed E-state index contributed by atoms with van der Waals surface area (Å²) < 4.78 is 5.02. The van der Waals surface area contributed by atoms with Gasteiger partial charge in [-0.3, -0.25) is 4.90 Å². The van der Waals surface area contributed by atoms with Crippen molar-refractivity contribution in [1.82, 2.24) is 15.2 Å². The summed E-state index contributed by atoms with van der Waals surface area (Å²) in [5.74, 6) is 0. The number of nitrogens with zero attached hydrogens (tertiary/aromatic N) is 2. The van der Waals surface area contributed by atoms with Crippen LogP contribution >= 0.6 is 11.3 Å². The van der Waals surface area contributed by atoms with Crippen LogP contribution in [0.3, 0.4) is 0 Å². The van der Waals surface area contributed by atoms with Gasteiger partial charge in [-0.15, -0.1) is 11.3 Å². The Morgan fingerprint density at radius 1 is 1.50 bits per heavy atom. The first-order chi connectivity index (χ1) is 8.74. The third kappa shape index (κ3) is 4.25. The van der Waals surface area contributed by atoms with Gasteiger partial charge in [-0.2, -0.15) is 0 Å². The van der Waals surface area contributed by atoms with Gasteiger partial charge < -0.3 is 9.73 Å². The predicted molar refractivity (Wildman–Crippen MR) is 73.6 cm³/mol. The summed E-state index contributed by atoms with van der Waals surface area (Å²) in [4.78, 5) is 6.74. The molecule has 0 aliphatic heterocycles. The molecule has 2 aromatic rings. The molecule has 4 nitrogen and oxygen atoms in total. The van der Waals surface area contributed by atoms with Crippen molar-refractivity contribution < 1.29 is 4.42 Å². The van der Waals surface area contributed by atoms with E-state index < -0.39 is 0 Å². The number of hydrogen-bond acceptors (Lipinski definition) is 5. The SMILES string of the molecule is Cc1nc(CN(C)CCNCc2ccoc2)cs1. The molecule has 0 amide bonds. The number of hydrogen-bond donors (Lipinski definition) is 1. The second-order valence-electron chi connectivity index (χ2n) is 4.40. The minimum atomic E-state index is 0.861. The normalized spacial score (nSPS) is 11.3. The second kappa shape index (κ2) is 6.68. The number of thiazole rings is 1. The number of furan rings is 1. The lowest BCUT2D eigenvalue weighted by Gasteiger charge is -2.15. The third-order valence-electron chi connectivity index (χ3n) is 2.68. The van der Waals surface area contributed by atoms with Crippen LogP contribution in [0, 0.1) is 6.92 Å². The van der Waals surface area contributed by atoms with E-state index in [-0.39, 0.29) is 0 Å². The van der Waals surface area contributed by atoms with E-state index in [9.17, 15) is 0 Å². The molecule has 18 heavy (non-hydrogen) atoms. The van der Waals surface area contributed by atoms with Crippen LogP contribution in [0.5, 0.6) is 0 Å². The minimum absolute atomic E-state index is 0.861. The lowest BCUT2D eigenvalue weighted by molar-refractivity contribution is 0.321. The van der Waals surface area contributed by atoms with Crippen molar-refractivity contribution in [3.05, 3.63) is 40.2 Å². The lowest BCUT2D eigenvalue weighted by Crippen LogP contribution is -2.28. The summed E-state index contributed by atoms with van der Waals surface area (Å²) in [6.45, 7) is 5.79. The maximum Gasteiger partial charge on any atom is 0.0947 e.